The molecule has 0 aliphatic heterocycles. The summed E-state index contributed by atoms with van der Waals surface area (Å²) < 4.78 is 1.89. The van der Waals surface area contributed by atoms with Gasteiger partial charge >= 0.3 is 0 Å². The monoisotopic (exact) mass is 240 g/mol. The molecule has 3 N–H and O–H groups in total. The SMILES string of the molecule is CC(C)n1ncnc1CC(CN)(CO)C(C)C. The first-order valence-electron chi connectivity index (χ1n) is 6.16. The average molecular weight is 240 g/mol. The summed E-state index contributed by atoms with van der Waals surface area (Å²) in [4.78, 5) is 4.29. The lowest BCUT2D eigenvalue weighted by Crippen LogP contribution is -2.42. The summed E-state index contributed by atoms with van der Waals surface area (Å²) >= 11 is 0. The van der Waals surface area contributed by atoms with Crippen molar-refractivity contribution in [1.82, 2.24) is 14.8 Å². The molecule has 17 heavy (non-hydrogen) atoms. The molecule has 1 aromatic heterocycles. The third-order valence-corrected chi connectivity index (χ3v) is 3.59. The van der Waals surface area contributed by atoms with Crippen molar-refractivity contribution in [3.63, 3.8) is 0 Å². The standard InChI is InChI=1S/C12H24N4O/c1-9(2)12(6-13,7-17)5-11-14-8-15-16(11)10(3)4/h8-10,17H,5-7,13H2,1-4H3. The smallest absolute Gasteiger partial charge is 0.138 e. The highest BCUT2D eigenvalue weighted by Gasteiger charge is 2.33. The first kappa shape index (κ1) is 14.1. The summed E-state index contributed by atoms with van der Waals surface area (Å²) in [5.74, 6) is 1.20. The van der Waals surface area contributed by atoms with Gasteiger partial charge in [0.25, 0.3) is 0 Å². The van der Waals surface area contributed by atoms with Gasteiger partial charge < -0.3 is 10.8 Å². The van der Waals surface area contributed by atoms with Gasteiger partial charge in [0, 0.05) is 24.4 Å². The fraction of sp³-hybridized carbons (Fsp3) is 0.833. The van der Waals surface area contributed by atoms with Crippen molar-refractivity contribution in [3.8, 4) is 0 Å². The second-order valence-electron chi connectivity index (χ2n) is 5.27. The lowest BCUT2D eigenvalue weighted by atomic mass is 9.75. The molecule has 0 amide bonds. The maximum atomic E-state index is 9.64. The molecule has 1 unspecified atom stereocenters. The minimum absolute atomic E-state index is 0.0755. The van der Waals surface area contributed by atoms with Crippen LogP contribution in [0.1, 0.15) is 39.6 Å². The molecule has 5 heteroatoms. The highest BCUT2D eigenvalue weighted by molar-refractivity contribution is 4.97. The third kappa shape index (κ3) is 2.84. The molecule has 1 atom stereocenters. The topological polar surface area (TPSA) is 77.0 Å². The Balaban J connectivity index is 2.97. The number of rotatable bonds is 6. The van der Waals surface area contributed by atoms with Crippen molar-refractivity contribution in [3.05, 3.63) is 12.2 Å². The van der Waals surface area contributed by atoms with Crippen LogP contribution in [0, 0.1) is 11.3 Å². The molecule has 5 nitrogen and oxygen atoms in total. The van der Waals surface area contributed by atoms with Crippen LogP contribution >= 0.6 is 0 Å². The van der Waals surface area contributed by atoms with Gasteiger partial charge in [-0.1, -0.05) is 13.8 Å². The Kier molecular flexibility index (Phi) is 4.65. The quantitative estimate of drug-likeness (QED) is 0.777. The van der Waals surface area contributed by atoms with Gasteiger partial charge in [-0.2, -0.15) is 5.10 Å². The van der Waals surface area contributed by atoms with E-state index in [1.807, 2.05) is 4.68 Å². The molecule has 0 radical (unpaired) electrons. The van der Waals surface area contributed by atoms with E-state index in [2.05, 4.69) is 37.8 Å². The summed E-state index contributed by atoms with van der Waals surface area (Å²) in [6, 6.07) is 0.272. The van der Waals surface area contributed by atoms with Crippen LogP contribution in [-0.2, 0) is 6.42 Å². The Morgan fingerprint density at radius 2 is 2.06 bits per heavy atom. The number of hydrogen-bond donors (Lipinski definition) is 2. The summed E-state index contributed by atoms with van der Waals surface area (Å²) in [6.45, 7) is 8.82. The van der Waals surface area contributed by atoms with Crippen LogP contribution in [-0.4, -0.2) is 33.0 Å². The van der Waals surface area contributed by atoms with Crippen molar-refractivity contribution < 1.29 is 5.11 Å². The second kappa shape index (κ2) is 5.60. The fourth-order valence-corrected chi connectivity index (χ4v) is 1.96. The van der Waals surface area contributed by atoms with Crippen LogP contribution in [0.4, 0.5) is 0 Å². The fourth-order valence-electron chi connectivity index (χ4n) is 1.96. The van der Waals surface area contributed by atoms with Gasteiger partial charge in [0.2, 0.25) is 0 Å². The molecule has 0 bridgehead atoms. The molecule has 1 aromatic rings. The third-order valence-electron chi connectivity index (χ3n) is 3.59. The van der Waals surface area contributed by atoms with Crippen molar-refractivity contribution in [2.45, 2.75) is 40.2 Å². The first-order valence-corrected chi connectivity index (χ1v) is 6.16. The van der Waals surface area contributed by atoms with Crippen LogP contribution in [0.15, 0.2) is 6.33 Å². The zero-order valence-corrected chi connectivity index (χ0v) is 11.2. The van der Waals surface area contributed by atoms with E-state index in [1.165, 1.54) is 0 Å². The number of nitrogens with two attached hydrogens (primary N) is 1. The zero-order valence-electron chi connectivity index (χ0n) is 11.2. The van der Waals surface area contributed by atoms with Crippen LogP contribution in [0.25, 0.3) is 0 Å². The number of aromatic nitrogens is 3. The van der Waals surface area contributed by atoms with Crippen LogP contribution < -0.4 is 5.73 Å². The van der Waals surface area contributed by atoms with Gasteiger partial charge in [-0.3, -0.25) is 0 Å². The number of nitrogens with zero attached hydrogens (tertiary/aromatic N) is 3. The van der Waals surface area contributed by atoms with E-state index in [9.17, 15) is 5.11 Å². The summed E-state index contributed by atoms with van der Waals surface area (Å²) in [7, 11) is 0. The molecular weight excluding hydrogens is 216 g/mol. The van der Waals surface area contributed by atoms with E-state index >= 15 is 0 Å². The summed E-state index contributed by atoms with van der Waals surface area (Å²) in [5.41, 5.74) is 5.54. The van der Waals surface area contributed by atoms with Crippen LogP contribution in [0.3, 0.4) is 0 Å². The Morgan fingerprint density at radius 3 is 2.47 bits per heavy atom. The molecule has 0 saturated carbocycles. The molecule has 0 spiro atoms. The molecule has 0 fully saturated rings. The predicted octanol–water partition coefficient (Wildman–Crippen LogP) is 0.995. The van der Waals surface area contributed by atoms with E-state index in [-0.39, 0.29) is 18.1 Å². The Morgan fingerprint density at radius 1 is 1.41 bits per heavy atom. The number of aliphatic hydroxyl groups is 1. The molecule has 1 heterocycles. The maximum absolute atomic E-state index is 9.64. The number of hydrogen-bond acceptors (Lipinski definition) is 4. The molecular formula is C12H24N4O. The van der Waals surface area contributed by atoms with E-state index in [0.717, 1.165) is 5.82 Å². The molecule has 0 aliphatic rings. The lowest BCUT2D eigenvalue weighted by Gasteiger charge is -2.34. The highest BCUT2D eigenvalue weighted by atomic mass is 16.3. The van der Waals surface area contributed by atoms with Crippen molar-refractivity contribution in [1.29, 1.82) is 0 Å². The lowest BCUT2D eigenvalue weighted by molar-refractivity contribution is 0.0806. The van der Waals surface area contributed by atoms with Crippen molar-refractivity contribution in [2.24, 2.45) is 17.1 Å². The van der Waals surface area contributed by atoms with Gasteiger partial charge in [0.1, 0.15) is 12.2 Å². The zero-order chi connectivity index (χ0) is 13.1. The second-order valence-corrected chi connectivity index (χ2v) is 5.27. The Labute approximate surface area is 103 Å². The molecule has 98 valence electrons. The minimum atomic E-state index is -0.306. The maximum Gasteiger partial charge on any atom is 0.138 e. The van der Waals surface area contributed by atoms with Gasteiger partial charge in [0.15, 0.2) is 0 Å². The van der Waals surface area contributed by atoms with Gasteiger partial charge in [0.05, 0.1) is 6.61 Å². The summed E-state index contributed by atoms with van der Waals surface area (Å²) in [5, 5.41) is 13.8. The van der Waals surface area contributed by atoms with Gasteiger partial charge in [-0.15, -0.1) is 0 Å². The largest absolute Gasteiger partial charge is 0.396 e. The highest BCUT2D eigenvalue weighted by Crippen LogP contribution is 2.30. The Bertz CT molecular complexity index is 342. The first-order chi connectivity index (χ1) is 7.96. The van der Waals surface area contributed by atoms with E-state index < -0.39 is 0 Å². The van der Waals surface area contributed by atoms with Crippen LogP contribution in [0.5, 0.6) is 0 Å². The molecule has 0 aromatic carbocycles. The Hall–Kier alpha value is -0.940. The van der Waals surface area contributed by atoms with Crippen LogP contribution in [0.2, 0.25) is 0 Å². The number of aliphatic hydroxyl groups excluding tert-OH is 1. The van der Waals surface area contributed by atoms with E-state index in [4.69, 9.17) is 5.73 Å². The van der Waals surface area contributed by atoms with E-state index in [0.29, 0.717) is 18.9 Å². The van der Waals surface area contributed by atoms with Crippen molar-refractivity contribution in [2.75, 3.05) is 13.2 Å². The molecule has 0 aliphatic carbocycles. The van der Waals surface area contributed by atoms with Crippen molar-refractivity contribution >= 4 is 0 Å². The predicted molar refractivity (Wildman–Crippen MR) is 67.5 cm³/mol. The van der Waals surface area contributed by atoms with Gasteiger partial charge in [-0.25, -0.2) is 9.67 Å². The molecule has 1 rings (SSSR count). The van der Waals surface area contributed by atoms with E-state index in [1.54, 1.807) is 6.33 Å². The average Bonchev–Trinajstić information content (AvgIpc) is 2.73. The minimum Gasteiger partial charge on any atom is -0.396 e. The van der Waals surface area contributed by atoms with Gasteiger partial charge in [-0.05, 0) is 19.8 Å². The normalized spacial score (nSPS) is 15.5. The summed E-state index contributed by atoms with van der Waals surface area (Å²) in [6.07, 6.45) is 2.23. The molecule has 0 saturated heterocycles.